The zero-order chi connectivity index (χ0) is 22.2. The highest BCUT2D eigenvalue weighted by atomic mass is 16.2. The van der Waals surface area contributed by atoms with E-state index in [1.165, 1.54) is 10.9 Å². The van der Waals surface area contributed by atoms with Gasteiger partial charge in [-0.15, -0.1) is 10.2 Å². The first-order valence-electron chi connectivity index (χ1n) is 10.9. The number of piperazine rings is 1. The smallest absolute Gasteiger partial charge is 0.254 e. The van der Waals surface area contributed by atoms with E-state index in [9.17, 15) is 9.59 Å². The summed E-state index contributed by atoms with van der Waals surface area (Å²) in [5.74, 6) is 1.81. The van der Waals surface area contributed by atoms with Crippen molar-refractivity contribution in [2.75, 3.05) is 31.1 Å². The van der Waals surface area contributed by atoms with E-state index in [0.29, 0.717) is 37.9 Å². The van der Waals surface area contributed by atoms with Gasteiger partial charge in [0.15, 0.2) is 11.6 Å². The minimum absolute atomic E-state index is 0.0217. The molecule has 1 amide bonds. The van der Waals surface area contributed by atoms with E-state index in [0.717, 1.165) is 35.7 Å². The molecule has 1 aliphatic heterocycles. The number of hydrogen-bond donors (Lipinski definition) is 0. The number of rotatable bonds is 5. The zero-order valence-corrected chi connectivity index (χ0v) is 18.3. The minimum Gasteiger partial charge on any atom is -0.352 e. The molecule has 0 unspecified atom stereocenters. The molecule has 32 heavy (non-hydrogen) atoms. The highest BCUT2D eigenvalue weighted by Crippen LogP contribution is 2.38. The van der Waals surface area contributed by atoms with Gasteiger partial charge in [-0.2, -0.15) is 5.10 Å². The fraction of sp³-hybridized carbons (Fsp3) is 0.455. The maximum atomic E-state index is 12.7. The quantitative estimate of drug-likeness (QED) is 0.592. The van der Waals surface area contributed by atoms with Gasteiger partial charge < -0.3 is 9.80 Å². The number of nitrogens with zero attached hydrogens (tertiary/aromatic N) is 8. The first kappa shape index (κ1) is 20.3. The van der Waals surface area contributed by atoms with Gasteiger partial charge >= 0.3 is 0 Å². The van der Waals surface area contributed by atoms with Gasteiger partial charge in [-0.05, 0) is 44.9 Å². The van der Waals surface area contributed by atoms with Crippen molar-refractivity contribution >= 4 is 11.7 Å². The van der Waals surface area contributed by atoms with Gasteiger partial charge in [0.25, 0.3) is 5.56 Å². The van der Waals surface area contributed by atoms with Gasteiger partial charge in [-0.1, -0.05) is 0 Å². The topological polar surface area (TPSA) is 102 Å². The molecule has 2 fully saturated rings. The lowest BCUT2D eigenvalue weighted by Crippen LogP contribution is -2.50. The summed E-state index contributed by atoms with van der Waals surface area (Å²) in [6, 6.07) is 7.40. The third-order valence-corrected chi connectivity index (χ3v) is 6.02. The van der Waals surface area contributed by atoms with Gasteiger partial charge in [-0.3, -0.25) is 14.2 Å². The van der Waals surface area contributed by atoms with Crippen LogP contribution in [0.15, 0.2) is 35.4 Å². The summed E-state index contributed by atoms with van der Waals surface area (Å²) in [5, 5.41) is 13.1. The van der Waals surface area contributed by atoms with Gasteiger partial charge in [-0.25, -0.2) is 9.67 Å². The molecular weight excluding hydrogens is 408 g/mol. The SMILES string of the molecule is Cc1cc(C)n(-c2ccc(N3CCN(C(=O)Cn4cnc(C5CC5)cc4=O)CC3)nn2)n1. The fourth-order valence-electron chi connectivity index (χ4n) is 4.05. The average molecular weight is 435 g/mol. The Labute approximate surface area is 185 Å². The zero-order valence-electron chi connectivity index (χ0n) is 18.3. The molecule has 0 aromatic carbocycles. The first-order valence-corrected chi connectivity index (χ1v) is 10.9. The molecule has 3 aromatic heterocycles. The molecule has 10 nitrogen and oxygen atoms in total. The Morgan fingerprint density at radius 1 is 1.03 bits per heavy atom. The molecular formula is C22H26N8O2. The molecule has 4 heterocycles. The predicted octanol–water partition coefficient (Wildman–Crippen LogP) is 1.06. The fourth-order valence-corrected chi connectivity index (χ4v) is 4.05. The molecule has 3 aromatic rings. The van der Waals surface area contributed by atoms with Gasteiger partial charge in [0.2, 0.25) is 5.91 Å². The van der Waals surface area contributed by atoms with E-state index in [1.807, 2.05) is 32.0 Å². The lowest BCUT2D eigenvalue weighted by molar-refractivity contribution is -0.132. The monoisotopic (exact) mass is 434 g/mol. The van der Waals surface area contributed by atoms with Crippen molar-refractivity contribution < 1.29 is 4.79 Å². The first-order chi connectivity index (χ1) is 15.5. The predicted molar refractivity (Wildman–Crippen MR) is 118 cm³/mol. The normalized spacial score (nSPS) is 16.4. The molecule has 0 radical (unpaired) electrons. The summed E-state index contributed by atoms with van der Waals surface area (Å²) < 4.78 is 3.17. The number of anilines is 1. The Morgan fingerprint density at radius 3 is 2.34 bits per heavy atom. The van der Waals surface area contributed by atoms with Crippen LogP contribution >= 0.6 is 0 Å². The van der Waals surface area contributed by atoms with Crippen LogP contribution in [0.2, 0.25) is 0 Å². The molecule has 1 saturated heterocycles. The summed E-state index contributed by atoms with van der Waals surface area (Å²) in [4.78, 5) is 33.3. The second-order valence-electron chi connectivity index (χ2n) is 8.51. The lowest BCUT2D eigenvalue weighted by atomic mass is 10.3. The van der Waals surface area contributed by atoms with Gasteiger partial charge in [0, 0.05) is 43.9 Å². The Balaban J connectivity index is 1.18. The van der Waals surface area contributed by atoms with Crippen molar-refractivity contribution in [1.82, 2.24) is 34.4 Å². The van der Waals surface area contributed by atoms with Crippen LogP contribution in [0.5, 0.6) is 0 Å². The average Bonchev–Trinajstić information content (AvgIpc) is 3.59. The summed E-state index contributed by atoms with van der Waals surface area (Å²) in [6.45, 7) is 6.42. The van der Waals surface area contributed by atoms with Crippen LogP contribution < -0.4 is 10.5 Å². The summed E-state index contributed by atoms with van der Waals surface area (Å²) >= 11 is 0. The number of carbonyl (C=O) groups is 1. The molecule has 0 N–H and O–H groups in total. The van der Waals surface area contributed by atoms with Crippen molar-refractivity contribution in [3.63, 3.8) is 0 Å². The van der Waals surface area contributed by atoms with Crippen molar-refractivity contribution in [3.8, 4) is 5.82 Å². The van der Waals surface area contributed by atoms with Crippen LogP contribution in [0.4, 0.5) is 5.82 Å². The molecule has 10 heteroatoms. The van der Waals surface area contributed by atoms with Crippen LogP contribution in [-0.4, -0.2) is 66.5 Å². The highest BCUT2D eigenvalue weighted by Gasteiger charge is 2.26. The van der Waals surface area contributed by atoms with E-state index >= 15 is 0 Å². The van der Waals surface area contributed by atoms with E-state index in [4.69, 9.17) is 0 Å². The van der Waals surface area contributed by atoms with Gasteiger partial charge in [0.1, 0.15) is 6.54 Å². The number of amides is 1. The minimum atomic E-state index is -0.160. The number of aryl methyl sites for hydroxylation is 2. The Bertz CT molecular complexity index is 1190. The van der Waals surface area contributed by atoms with Crippen LogP contribution in [0.3, 0.4) is 0 Å². The summed E-state index contributed by atoms with van der Waals surface area (Å²) in [5.41, 5.74) is 2.63. The van der Waals surface area contributed by atoms with Crippen LogP contribution in [0.1, 0.15) is 35.8 Å². The summed E-state index contributed by atoms with van der Waals surface area (Å²) in [7, 11) is 0. The maximum Gasteiger partial charge on any atom is 0.254 e. The Hall–Kier alpha value is -3.56. The van der Waals surface area contributed by atoms with Gasteiger partial charge in [0.05, 0.1) is 17.7 Å². The molecule has 5 rings (SSSR count). The van der Waals surface area contributed by atoms with Crippen molar-refractivity contribution in [1.29, 1.82) is 0 Å². The highest BCUT2D eigenvalue weighted by molar-refractivity contribution is 5.76. The standard InChI is InChI=1S/C22H26N8O2/c1-15-11-16(2)30(26-15)20-6-5-19(24-25-20)27-7-9-28(10-8-27)22(32)13-29-14-23-18(12-21(29)31)17-3-4-17/h5-6,11-12,14,17H,3-4,7-10,13H2,1-2H3. The molecule has 166 valence electrons. The Kier molecular flexibility index (Phi) is 5.20. The summed E-state index contributed by atoms with van der Waals surface area (Å²) in [6.07, 6.45) is 3.69. The maximum absolute atomic E-state index is 12.7. The molecule has 1 aliphatic carbocycles. The van der Waals surface area contributed by atoms with E-state index in [1.54, 1.807) is 15.6 Å². The molecule has 2 aliphatic rings. The van der Waals surface area contributed by atoms with E-state index < -0.39 is 0 Å². The van der Waals surface area contributed by atoms with E-state index in [-0.39, 0.29) is 18.0 Å². The molecule has 0 spiro atoms. The lowest BCUT2D eigenvalue weighted by Gasteiger charge is -2.35. The van der Waals surface area contributed by atoms with Crippen LogP contribution in [0.25, 0.3) is 5.82 Å². The van der Waals surface area contributed by atoms with E-state index in [2.05, 4.69) is 25.2 Å². The second kappa shape index (κ2) is 8.18. The molecule has 1 saturated carbocycles. The second-order valence-corrected chi connectivity index (χ2v) is 8.51. The Morgan fingerprint density at radius 2 is 1.75 bits per heavy atom. The van der Waals surface area contributed by atoms with Crippen molar-refractivity contribution in [2.24, 2.45) is 0 Å². The number of carbonyl (C=O) groups excluding carboxylic acids is 1. The van der Waals surface area contributed by atoms with Crippen molar-refractivity contribution in [3.05, 3.63) is 58.0 Å². The largest absolute Gasteiger partial charge is 0.352 e. The van der Waals surface area contributed by atoms with Crippen LogP contribution in [-0.2, 0) is 11.3 Å². The number of hydrogen-bond acceptors (Lipinski definition) is 7. The van der Waals surface area contributed by atoms with Crippen molar-refractivity contribution in [2.45, 2.75) is 39.2 Å². The third-order valence-electron chi connectivity index (χ3n) is 6.02. The molecule has 0 atom stereocenters. The third kappa shape index (κ3) is 4.12. The molecule has 0 bridgehead atoms. The number of aromatic nitrogens is 6. The van der Waals surface area contributed by atoms with Crippen LogP contribution in [0, 0.1) is 13.8 Å².